The molecular weight excluding hydrogens is 200 g/mol. The summed E-state index contributed by atoms with van der Waals surface area (Å²) in [7, 11) is 2.00. The summed E-state index contributed by atoms with van der Waals surface area (Å²) in [6.07, 6.45) is 9.86. The highest BCUT2D eigenvalue weighted by Crippen LogP contribution is 2.22. The molecule has 1 aliphatic heterocycles. The fourth-order valence-electron chi connectivity index (χ4n) is 2.97. The van der Waals surface area contributed by atoms with Gasteiger partial charge in [-0.25, -0.2) is 0 Å². The van der Waals surface area contributed by atoms with Crippen LogP contribution < -0.4 is 5.32 Å². The quantitative estimate of drug-likeness (QED) is 0.727. The Morgan fingerprint density at radius 2 is 1.75 bits per heavy atom. The van der Waals surface area contributed by atoms with Crippen LogP contribution in [0.15, 0.2) is 0 Å². The van der Waals surface area contributed by atoms with Gasteiger partial charge in [0.1, 0.15) is 0 Å². The van der Waals surface area contributed by atoms with Crippen LogP contribution in [0, 0.1) is 0 Å². The maximum absolute atomic E-state index is 12.2. The number of amides is 1. The molecule has 2 rings (SSSR count). The van der Waals surface area contributed by atoms with Gasteiger partial charge >= 0.3 is 0 Å². The smallest absolute Gasteiger partial charge is 0.239 e. The van der Waals surface area contributed by atoms with Crippen molar-refractivity contribution in [2.24, 2.45) is 0 Å². The van der Waals surface area contributed by atoms with Crippen LogP contribution in [-0.2, 0) is 4.79 Å². The van der Waals surface area contributed by atoms with Crippen molar-refractivity contribution in [3.63, 3.8) is 0 Å². The fourth-order valence-corrected chi connectivity index (χ4v) is 2.97. The van der Waals surface area contributed by atoms with Crippen LogP contribution in [-0.4, -0.2) is 36.5 Å². The zero-order valence-electron chi connectivity index (χ0n) is 10.4. The van der Waals surface area contributed by atoms with E-state index in [-0.39, 0.29) is 6.04 Å². The molecule has 0 aromatic carbocycles. The van der Waals surface area contributed by atoms with Crippen molar-refractivity contribution in [2.45, 2.75) is 63.5 Å². The first-order chi connectivity index (χ1) is 7.79. The molecule has 0 aromatic rings. The number of likely N-dealkylation sites (N-methyl/N-ethyl adjacent to an activating group) is 1. The summed E-state index contributed by atoms with van der Waals surface area (Å²) in [5, 5.41) is 3.30. The average Bonchev–Trinajstić information content (AvgIpc) is 2.70. The molecule has 0 bridgehead atoms. The Morgan fingerprint density at radius 1 is 1.06 bits per heavy atom. The van der Waals surface area contributed by atoms with E-state index in [2.05, 4.69) is 5.32 Å². The van der Waals surface area contributed by atoms with Gasteiger partial charge in [0.2, 0.25) is 5.91 Å². The van der Waals surface area contributed by atoms with E-state index >= 15 is 0 Å². The van der Waals surface area contributed by atoms with Crippen molar-refractivity contribution >= 4 is 5.91 Å². The first-order valence-electron chi connectivity index (χ1n) is 6.79. The highest BCUT2D eigenvalue weighted by Gasteiger charge is 2.28. The Morgan fingerprint density at radius 3 is 2.31 bits per heavy atom. The average molecular weight is 224 g/mol. The van der Waals surface area contributed by atoms with E-state index in [0.717, 1.165) is 19.4 Å². The van der Waals surface area contributed by atoms with E-state index in [1.54, 1.807) is 0 Å². The molecule has 3 heteroatoms. The molecule has 1 saturated carbocycles. The summed E-state index contributed by atoms with van der Waals surface area (Å²) in [4.78, 5) is 14.2. The summed E-state index contributed by atoms with van der Waals surface area (Å²) in [6.45, 7) is 1.01. The number of nitrogens with zero attached hydrogens (tertiary/aromatic N) is 1. The molecule has 2 aliphatic rings. The van der Waals surface area contributed by atoms with Gasteiger partial charge in [0.05, 0.1) is 6.04 Å². The minimum atomic E-state index is 0.105. The first-order valence-corrected chi connectivity index (χ1v) is 6.79. The zero-order chi connectivity index (χ0) is 11.4. The first kappa shape index (κ1) is 11.9. The number of nitrogens with one attached hydrogen (secondary N) is 1. The third-order valence-electron chi connectivity index (χ3n) is 4.08. The number of rotatable bonds is 2. The third kappa shape index (κ3) is 2.76. The van der Waals surface area contributed by atoms with Crippen LogP contribution in [0.5, 0.6) is 0 Å². The van der Waals surface area contributed by atoms with Crippen LogP contribution in [0.25, 0.3) is 0 Å². The number of carbonyl (C=O) groups excluding carboxylic acids is 1. The lowest BCUT2D eigenvalue weighted by Gasteiger charge is -2.29. The molecule has 1 atom stereocenters. The minimum Gasteiger partial charge on any atom is -0.341 e. The molecule has 1 saturated heterocycles. The van der Waals surface area contributed by atoms with Gasteiger partial charge < -0.3 is 10.2 Å². The van der Waals surface area contributed by atoms with Crippen LogP contribution in [0.2, 0.25) is 0 Å². The maximum atomic E-state index is 12.2. The van der Waals surface area contributed by atoms with Gasteiger partial charge in [0.15, 0.2) is 0 Å². The molecule has 0 unspecified atom stereocenters. The normalized spacial score (nSPS) is 27.7. The van der Waals surface area contributed by atoms with Gasteiger partial charge in [-0.3, -0.25) is 4.79 Å². The summed E-state index contributed by atoms with van der Waals surface area (Å²) in [5.74, 6) is 0.324. The lowest BCUT2D eigenvalue weighted by atomic mass is 10.1. The number of hydrogen-bond acceptors (Lipinski definition) is 2. The molecule has 0 spiro atoms. The molecule has 0 aromatic heterocycles. The molecule has 92 valence electrons. The van der Waals surface area contributed by atoms with Gasteiger partial charge in [0, 0.05) is 13.1 Å². The summed E-state index contributed by atoms with van der Waals surface area (Å²) >= 11 is 0. The van der Waals surface area contributed by atoms with Crippen LogP contribution in [0.1, 0.15) is 51.4 Å². The van der Waals surface area contributed by atoms with Gasteiger partial charge in [-0.05, 0) is 32.2 Å². The molecule has 16 heavy (non-hydrogen) atoms. The van der Waals surface area contributed by atoms with E-state index < -0.39 is 0 Å². The van der Waals surface area contributed by atoms with Gasteiger partial charge in [-0.1, -0.05) is 25.7 Å². The van der Waals surface area contributed by atoms with Gasteiger partial charge in [-0.15, -0.1) is 0 Å². The topological polar surface area (TPSA) is 32.3 Å². The van der Waals surface area contributed by atoms with Crippen molar-refractivity contribution < 1.29 is 4.79 Å². The Labute approximate surface area is 98.6 Å². The van der Waals surface area contributed by atoms with Crippen LogP contribution in [0.4, 0.5) is 0 Å². The molecule has 3 nitrogen and oxygen atoms in total. The van der Waals surface area contributed by atoms with E-state index in [1.807, 2.05) is 11.9 Å². The Bertz CT molecular complexity index is 228. The summed E-state index contributed by atoms with van der Waals surface area (Å²) < 4.78 is 0. The van der Waals surface area contributed by atoms with Crippen molar-refractivity contribution in [1.29, 1.82) is 0 Å². The monoisotopic (exact) mass is 224 g/mol. The molecular formula is C13H24N2O. The van der Waals surface area contributed by atoms with Gasteiger partial charge in [0.25, 0.3) is 0 Å². The SMILES string of the molecule is CN(C(=O)[C@H]1CCCN1)C1CCCCCC1. The second kappa shape index (κ2) is 5.67. The fraction of sp³-hybridized carbons (Fsp3) is 0.923. The Balaban J connectivity index is 1.88. The molecule has 1 amide bonds. The van der Waals surface area contributed by atoms with Crippen molar-refractivity contribution in [3.05, 3.63) is 0 Å². The highest BCUT2D eigenvalue weighted by molar-refractivity contribution is 5.82. The van der Waals surface area contributed by atoms with E-state index in [1.165, 1.54) is 38.5 Å². The lowest BCUT2D eigenvalue weighted by Crippen LogP contribution is -2.46. The maximum Gasteiger partial charge on any atom is 0.239 e. The number of carbonyl (C=O) groups is 1. The van der Waals surface area contributed by atoms with Gasteiger partial charge in [-0.2, -0.15) is 0 Å². The third-order valence-corrected chi connectivity index (χ3v) is 4.08. The zero-order valence-corrected chi connectivity index (χ0v) is 10.4. The molecule has 1 heterocycles. The molecule has 2 fully saturated rings. The highest BCUT2D eigenvalue weighted by atomic mass is 16.2. The minimum absolute atomic E-state index is 0.105. The molecule has 0 radical (unpaired) electrons. The van der Waals surface area contributed by atoms with E-state index in [0.29, 0.717) is 11.9 Å². The van der Waals surface area contributed by atoms with E-state index in [9.17, 15) is 4.79 Å². The van der Waals surface area contributed by atoms with Crippen LogP contribution in [0.3, 0.4) is 0 Å². The van der Waals surface area contributed by atoms with Crippen molar-refractivity contribution in [2.75, 3.05) is 13.6 Å². The summed E-state index contributed by atoms with van der Waals surface area (Å²) in [5.41, 5.74) is 0. The summed E-state index contributed by atoms with van der Waals surface area (Å²) in [6, 6.07) is 0.602. The molecule has 1 aliphatic carbocycles. The van der Waals surface area contributed by atoms with Crippen LogP contribution >= 0.6 is 0 Å². The molecule has 1 N–H and O–H groups in total. The standard InChI is InChI=1S/C13H24N2O/c1-15(11-7-4-2-3-5-8-11)13(16)12-9-6-10-14-12/h11-12,14H,2-10H2,1H3/t12-/m1/s1. The van der Waals surface area contributed by atoms with E-state index in [4.69, 9.17) is 0 Å². The number of hydrogen-bond donors (Lipinski definition) is 1. The predicted molar refractivity (Wildman–Crippen MR) is 65.3 cm³/mol. The van der Waals surface area contributed by atoms with Crippen molar-refractivity contribution in [3.8, 4) is 0 Å². The second-order valence-electron chi connectivity index (χ2n) is 5.24. The Hall–Kier alpha value is -0.570. The second-order valence-corrected chi connectivity index (χ2v) is 5.24. The predicted octanol–water partition coefficient (Wildman–Crippen LogP) is 1.92. The largest absolute Gasteiger partial charge is 0.341 e. The lowest BCUT2D eigenvalue weighted by molar-refractivity contribution is -0.134. The Kier molecular flexibility index (Phi) is 4.22. The van der Waals surface area contributed by atoms with Crippen molar-refractivity contribution in [1.82, 2.24) is 10.2 Å².